The standard InChI is InChI=1S/C21H21O4P.K.H2O.H/c1-16-10-4-7-13-19(16)23-26(22,24-20-14-8-5-11-17(20)2)25-21-15-9-6-12-18(21)3;;;/h4-15H,1-3H3;;1H2;/q;+1;;-1. The third-order valence-corrected chi connectivity index (χ3v) is 5.17. The number of hydrogen-bond acceptors (Lipinski definition) is 4. The molecule has 0 aromatic heterocycles. The maximum atomic E-state index is 13.5. The van der Waals surface area contributed by atoms with Gasteiger partial charge in [0.1, 0.15) is 17.2 Å². The van der Waals surface area contributed by atoms with Crippen LogP contribution >= 0.6 is 7.82 Å². The smallest absolute Gasteiger partial charge is 1.00 e. The van der Waals surface area contributed by atoms with Crippen LogP contribution in [0.2, 0.25) is 0 Å². The van der Waals surface area contributed by atoms with E-state index < -0.39 is 7.82 Å². The average molecular weight is 426 g/mol. The first-order valence-corrected chi connectivity index (χ1v) is 9.79. The molecule has 0 heterocycles. The van der Waals surface area contributed by atoms with Gasteiger partial charge in [0.05, 0.1) is 0 Å². The fraction of sp³-hybridized carbons (Fsp3) is 0.143. The molecular formula is C21H24KO5P. The molecular weight excluding hydrogens is 402 g/mol. The number of phosphoric acid groups is 1. The number of hydrogen-bond donors (Lipinski definition) is 0. The molecule has 3 rings (SSSR count). The second-order valence-electron chi connectivity index (χ2n) is 6.02. The van der Waals surface area contributed by atoms with Crippen molar-refractivity contribution in [2.24, 2.45) is 0 Å². The molecule has 0 aliphatic heterocycles. The van der Waals surface area contributed by atoms with Crippen molar-refractivity contribution in [1.82, 2.24) is 0 Å². The Hall–Kier alpha value is -1.11. The molecule has 0 spiro atoms. The molecule has 5 nitrogen and oxygen atoms in total. The Bertz CT molecular complexity index is 845. The second kappa shape index (κ2) is 11.2. The van der Waals surface area contributed by atoms with Crippen LogP contribution in [0.15, 0.2) is 72.8 Å². The third kappa shape index (κ3) is 6.46. The number of phosphoric ester groups is 1. The van der Waals surface area contributed by atoms with Crippen LogP contribution in [0, 0.1) is 20.8 Å². The van der Waals surface area contributed by atoms with E-state index in [-0.39, 0.29) is 58.3 Å². The molecule has 0 unspecified atom stereocenters. The molecule has 0 saturated carbocycles. The largest absolute Gasteiger partial charge is 1.00 e. The van der Waals surface area contributed by atoms with E-state index in [0.29, 0.717) is 17.2 Å². The fourth-order valence-corrected chi connectivity index (χ4v) is 3.84. The summed E-state index contributed by atoms with van der Waals surface area (Å²) < 4.78 is 30.8. The van der Waals surface area contributed by atoms with Gasteiger partial charge < -0.3 is 20.5 Å². The third-order valence-electron chi connectivity index (χ3n) is 3.91. The Morgan fingerprint density at radius 2 is 0.857 bits per heavy atom. The van der Waals surface area contributed by atoms with Crippen molar-refractivity contribution in [3.05, 3.63) is 89.5 Å². The Kier molecular flexibility index (Phi) is 9.94. The van der Waals surface area contributed by atoms with Crippen molar-refractivity contribution in [1.29, 1.82) is 0 Å². The first-order chi connectivity index (χ1) is 12.5. The number of benzene rings is 3. The molecule has 3 aromatic carbocycles. The zero-order chi connectivity index (χ0) is 18.6. The van der Waals surface area contributed by atoms with Gasteiger partial charge in [0.25, 0.3) is 0 Å². The van der Waals surface area contributed by atoms with Crippen molar-refractivity contribution in [3.8, 4) is 17.2 Å². The molecule has 0 aliphatic rings. The van der Waals surface area contributed by atoms with Crippen LogP contribution in [0.5, 0.6) is 17.2 Å². The molecule has 144 valence electrons. The summed E-state index contributed by atoms with van der Waals surface area (Å²) in [5, 5.41) is 0. The zero-order valence-electron chi connectivity index (χ0n) is 17.5. The van der Waals surface area contributed by atoms with E-state index in [1.54, 1.807) is 18.2 Å². The van der Waals surface area contributed by atoms with Gasteiger partial charge in [0.2, 0.25) is 0 Å². The summed E-state index contributed by atoms with van der Waals surface area (Å²) in [4.78, 5) is 0. The van der Waals surface area contributed by atoms with E-state index in [0.717, 1.165) is 16.7 Å². The summed E-state index contributed by atoms with van der Waals surface area (Å²) >= 11 is 0. The van der Waals surface area contributed by atoms with Crippen LogP contribution in [-0.2, 0) is 4.57 Å². The predicted molar refractivity (Wildman–Crippen MR) is 108 cm³/mol. The summed E-state index contributed by atoms with van der Waals surface area (Å²) in [5.74, 6) is 1.37. The molecule has 0 saturated heterocycles. The van der Waals surface area contributed by atoms with E-state index in [4.69, 9.17) is 13.6 Å². The van der Waals surface area contributed by atoms with E-state index in [2.05, 4.69) is 0 Å². The first-order valence-electron chi connectivity index (χ1n) is 8.32. The number of para-hydroxylation sites is 3. The maximum Gasteiger partial charge on any atom is 1.00 e. The summed E-state index contributed by atoms with van der Waals surface area (Å²) in [6, 6.07) is 22.0. The van der Waals surface area contributed by atoms with E-state index in [1.165, 1.54) is 0 Å². The predicted octanol–water partition coefficient (Wildman–Crippen LogP) is 2.55. The van der Waals surface area contributed by atoms with Gasteiger partial charge in [-0.05, 0) is 55.7 Å². The molecule has 0 atom stereocenters. The van der Waals surface area contributed by atoms with Crippen molar-refractivity contribution >= 4 is 7.82 Å². The topological polar surface area (TPSA) is 76.3 Å². The summed E-state index contributed by atoms with van der Waals surface area (Å²) in [6.07, 6.45) is 0. The average Bonchev–Trinajstić information content (AvgIpc) is 2.61. The van der Waals surface area contributed by atoms with Gasteiger partial charge in [-0.2, -0.15) is 4.57 Å². The normalized spacial score (nSPS) is 10.2. The molecule has 0 radical (unpaired) electrons. The summed E-state index contributed by atoms with van der Waals surface area (Å²) in [7, 11) is -3.97. The Morgan fingerprint density at radius 3 is 1.11 bits per heavy atom. The number of rotatable bonds is 6. The van der Waals surface area contributed by atoms with Crippen molar-refractivity contribution in [3.63, 3.8) is 0 Å². The van der Waals surface area contributed by atoms with Crippen molar-refractivity contribution < 1.29 is 76.4 Å². The zero-order valence-corrected chi connectivity index (χ0v) is 20.5. The fourth-order valence-electron chi connectivity index (χ4n) is 2.39. The SMILES string of the molecule is Cc1ccccc1OP(=O)(Oc1ccccc1C)Oc1ccccc1C.O.[H-].[K+]. The van der Waals surface area contributed by atoms with Gasteiger partial charge in [-0.1, -0.05) is 54.6 Å². The molecule has 7 heteroatoms. The van der Waals surface area contributed by atoms with Gasteiger partial charge in [0.15, 0.2) is 0 Å². The summed E-state index contributed by atoms with van der Waals surface area (Å²) in [5.41, 5.74) is 2.53. The minimum absolute atomic E-state index is 0. The van der Waals surface area contributed by atoms with E-state index >= 15 is 0 Å². The van der Waals surface area contributed by atoms with E-state index in [1.807, 2.05) is 75.4 Å². The van der Waals surface area contributed by atoms with E-state index in [9.17, 15) is 4.57 Å². The van der Waals surface area contributed by atoms with Gasteiger partial charge in [-0.15, -0.1) is 0 Å². The van der Waals surface area contributed by atoms with Crippen LogP contribution in [0.4, 0.5) is 0 Å². The van der Waals surface area contributed by atoms with Gasteiger partial charge in [-0.3, -0.25) is 0 Å². The van der Waals surface area contributed by atoms with Crippen molar-refractivity contribution in [2.75, 3.05) is 0 Å². The monoisotopic (exact) mass is 426 g/mol. The van der Waals surface area contributed by atoms with Crippen molar-refractivity contribution in [2.45, 2.75) is 20.8 Å². The van der Waals surface area contributed by atoms with Crippen LogP contribution in [0.25, 0.3) is 0 Å². The Labute approximate surface area is 209 Å². The van der Waals surface area contributed by atoms with Crippen LogP contribution in [0.1, 0.15) is 18.1 Å². The molecule has 2 N–H and O–H groups in total. The molecule has 0 aliphatic carbocycles. The quantitative estimate of drug-likeness (QED) is 0.448. The van der Waals surface area contributed by atoms with Crippen LogP contribution < -0.4 is 65.0 Å². The Balaban J connectivity index is 0.00000261. The van der Waals surface area contributed by atoms with Crippen LogP contribution in [0.3, 0.4) is 0 Å². The van der Waals surface area contributed by atoms with Gasteiger partial charge in [-0.25, -0.2) is 0 Å². The maximum absolute atomic E-state index is 13.5. The molecule has 0 amide bonds. The minimum Gasteiger partial charge on any atom is -1.00 e. The van der Waals surface area contributed by atoms with Gasteiger partial charge >= 0.3 is 59.2 Å². The Morgan fingerprint density at radius 1 is 0.607 bits per heavy atom. The first kappa shape index (κ1) is 24.9. The van der Waals surface area contributed by atoms with Crippen LogP contribution in [-0.4, -0.2) is 5.48 Å². The molecule has 0 bridgehead atoms. The minimum atomic E-state index is -3.97. The summed E-state index contributed by atoms with van der Waals surface area (Å²) in [6.45, 7) is 5.63. The second-order valence-corrected chi connectivity index (χ2v) is 7.46. The molecule has 28 heavy (non-hydrogen) atoms. The molecule has 0 fully saturated rings. The number of aryl methyl sites for hydroxylation is 3. The van der Waals surface area contributed by atoms with Gasteiger partial charge in [0, 0.05) is 0 Å². The molecule has 3 aromatic rings.